The van der Waals surface area contributed by atoms with Crippen molar-refractivity contribution < 1.29 is 12.9 Å². The van der Waals surface area contributed by atoms with Crippen LogP contribution in [0, 0.1) is 0 Å². The normalized spacial score (nSPS) is 14.8. The quantitative estimate of drug-likeness (QED) is 0.702. The van der Waals surface area contributed by atoms with Crippen molar-refractivity contribution in [3.05, 3.63) is 30.3 Å². The molecular weight excluding hydrogens is 317 g/mol. The average molecular weight is 322 g/mol. The first-order chi connectivity index (χ1) is 5.33. The summed E-state index contributed by atoms with van der Waals surface area (Å²) in [5.74, 6) is 0.133. The Kier molecular flexibility index (Phi) is 2.76. The van der Waals surface area contributed by atoms with E-state index in [-0.39, 0.29) is 5.75 Å². The molecule has 0 aliphatic heterocycles. The van der Waals surface area contributed by atoms with Crippen LogP contribution in [0.3, 0.4) is 0 Å². The summed E-state index contributed by atoms with van der Waals surface area (Å²) in [6, 6.07) is 7.89. The van der Waals surface area contributed by atoms with Crippen molar-refractivity contribution >= 4 is 35.8 Å². The summed E-state index contributed by atoms with van der Waals surface area (Å²) in [4.78, 5) is -5.23. The van der Waals surface area contributed by atoms with Crippen LogP contribution in [-0.2, 0) is 0 Å². The van der Waals surface area contributed by atoms with E-state index in [1.54, 1.807) is 18.2 Å². The van der Waals surface area contributed by atoms with Crippen LogP contribution < -0.4 is 4.52 Å². The van der Waals surface area contributed by atoms with E-state index in [0.29, 0.717) is 0 Å². The molecule has 6 heteroatoms. The zero-order valence-electron chi connectivity index (χ0n) is 5.75. The van der Waals surface area contributed by atoms with Crippen LogP contribution in [-0.4, -0.2) is 0 Å². The molecule has 0 fully saturated rings. The molecule has 1 rings (SSSR count). The van der Waals surface area contributed by atoms with Gasteiger partial charge in [0.2, 0.25) is 0 Å². The molecule has 0 N–H and O–H groups in total. The summed E-state index contributed by atoms with van der Waals surface area (Å²) in [7, 11) is 0. The molecule has 0 spiro atoms. The fraction of sp³-hybridized carbons (Fsp3) is 0. The molecule has 1 nitrogen and oxygen atoms in total. The van der Waals surface area contributed by atoms with Crippen molar-refractivity contribution in [2.45, 2.75) is 0 Å². The maximum absolute atomic E-state index is 12.8. The molecule has 0 unspecified atom stereocenters. The van der Waals surface area contributed by atoms with Crippen LogP contribution in [0.2, 0.25) is 0 Å². The summed E-state index contributed by atoms with van der Waals surface area (Å²) in [6.45, 7) is 0. The number of rotatable bonds is 2. The van der Waals surface area contributed by atoms with Gasteiger partial charge in [-0.15, -0.1) is 0 Å². The summed E-state index contributed by atoms with van der Waals surface area (Å²) in [6.07, 6.45) is 0. The zero-order chi connectivity index (χ0) is 9.27. The van der Waals surface area contributed by atoms with E-state index >= 15 is 0 Å². The van der Waals surface area contributed by atoms with Gasteiger partial charge >= 0.3 is 84.8 Å². The molecule has 0 aromatic heterocycles. The molecule has 1 aromatic carbocycles. The van der Waals surface area contributed by atoms with E-state index in [4.69, 9.17) is 0 Å². The van der Waals surface area contributed by atoms with Gasteiger partial charge in [0.15, 0.2) is 0 Å². The predicted molar refractivity (Wildman–Crippen MR) is 54.1 cm³/mol. The Hall–Kier alpha value is 0.270. The first-order valence-corrected chi connectivity index (χ1v) is 8.95. The van der Waals surface area contributed by atoms with Crippen LogP contribution in [0.15, 0.2) is 30.3 Å². The Bertz CT molecular complexity index is 263. The maximum atomic E-state index is 12.8. The van der Waals surface area contributed by atoms with E-state index in [9.17, 15) is 8.39 Å². The monoisotopic (exact) mass is 320 g/mol. The summed E-state index contributed by atoms with van der Waals surface area (Å²) in [5.41, 5.74) is 0. The third-order valence-electron chi connectivity index (χ3n) is 0.987. The van der Waals surface area contributed by atoms with Crippen molar-refractivity contribution in [1.29, 1.82) is 0 Å². The van der Waals surface area contributed by atoms with Gasteiger partial charge in [0, 0.05) is 0 Å². The predicted octanol–water partition coefficient (Wildman–Crippen LogP) is 4.92. The molecule has 0 bridgehead atoms. The van der Waals surface area contributed by atoms with E-state index in [1.165, 1.54) is 12.1 Å². The Morgan fingerprint density at radius 1 is 1.08 bits per heavy atom. The number of benzene rings is 1. The third kappa shape index (κ3) is 4.33. The molecule has 0 amide bonds. The minimum absolute atomic E-state index is 0.133. The number of hydrogen-bond acceptors (Lipinski definition) is 1. The number of halogens is 4. The van der Waals surface area contributed by atoms with Gasteiger partial charge in [0.1, 0.15) is 0 Å². The molecule has 0 saturated heterocycles. The van der Waals surface area contributed by atoms with Gasteiger partial charge in [-0.1, -0.05) is 0 Å². The first kappa shape index (κ1) is 10.4. The Morgan fingerprint density at radius 2 is 1.58 bits per heavy atom. The van der Waals surface area contributed by atoms with E-state index in [0.717, 1.165) is 0 Å². The van der Waals surface area contributed by atoms with Crippen LogP contribution in [0.5, 0.6) is 5.75 Å². The summed E-state index contributed by atoms with van der Waals surface area (Å²) >= 11 is 4.42. The van der Waals surface area contributed by atoms with E-state index in [2.05, 4.69) is 35.5 Å². The van der Waals surface area contributed by atoms with Gasteiger partial charge in [0.05, 0.1) is 0 Å². The van der Waals surface area contributed by atoms with E-state index in [1.807, 2.05) is 0 Å². The second kappa shape index (κ2) is 3.20. The van der Waals surface area contributed by atoms with Crippen LogP contribution >= 0.6 is 35.8 Å². The molecule has 0 heterocycles. The second-order valence-corrected chi connectivity index (χ2v) is 13.5. The average Bonchev–Trinajstić information content (AvgIpc) is 1.83. The molecule has 1 aromatic rings. The van der Waals surface area contributed by atoms with Crippen LogP contribution in [0.4, 0.5) is 8.39 Å². The Labute approximate surface area is 84.8 Å². The van der Waals surface area contributed by atoms with Crippen molar-refractivity contribution in [3.8, 4) is 5.75 Å². The molecule has 68 valence electrons. The van der Waals surface area contributed by atoms with Crippen molar-refractivity contribution in [3.63, 3.8) is 0 Å². The topological polar surface area (TPSA) is 9.23 Å². The van der Waals surface area contributed by atoms with Crippen LogP contribution in [0.25, 0.3) is 0 Å². The fourth-order valence-corrected chi connectivity index (χ4v) is 2.08. The fourth-order valence-electron chi connectivity index (χ4n) is 0.641. The molecule has 0 aliphatic rings. The van der Waals surface area contributed by atoms with Crippen LogP contribution in [0.1, 0.15) is 0 Å². The van der Waals surface area contributed by atoms with Gasteiger partial charge in [-0.25, -0.2) is 0 Å². The molecule has 0 atom stereocenters. The van der Waals surface area contributed by atoms with Gasteiger partial charge in [-0.3, -0.25) is 0 Å². The second-order valence-electron chi connectivity index (χ2n) is 2.06. The molecule has 0 aliphatic carbocycles. The standard InChI is InChI=1S/C6H5Br2F2OP/c7-12(8,9,10)11-6-4-2-1-3-5-6/h1-5H. The van der Waals surface area contributed by atoms with Gasteiger partial charge in [0.25, 0.3) is 0 Å². The summed E-state index contributed by atoms with van der Waals surface area (Å²) < 4.78 is 30.1. The van der Waals surface area contributed by atoms with Crippen molar-refractivity contribution in [2.24, 2.45) is 0 Å². The number of hydrogen-bond donors (Lipinski definition) is 0. The molecular formula is C6H5Br2F2OP. The molecule has 12 heavy (non-hydrogen) atoms. The molecule has 0 radical (unpaired) electrons. The SMILES string of the molecule is FP(F)(Br)(Br)Oc1ccccc1. The summed E-state index contributed by atoms with van der Waals surface area (Å²) in [5, 5.41) is 0. The van der Waals surface area contributed by atoms with Gasteiger partial charge < -0.3 is 0 Å². The Balaban J connectivity index is 2.79. The van der Waals surface area contributed by atoms with E-state index < -0.39 is 4.86 Å². The Morgan fingerprint density at radius 3 is 2.00 bits per heavy atom. The van der Waals surface area contributed by atoms with Gasteiger partial charge in [-0.05, 0) is 0 Å². The zero-order valence-corrected chi connectivity index (χ0v) is 9.82. The minimum atomic E-state index is -5.23. The van der Waals surface area contributed by atoms with Crippen molar-refractivity contribution in [2.75, 3.05) is 0 Å². The van der Waals surface area contributed by atoms with Crippen molar-refractivity contribution in [1.82, 2.24) is 0 Å². The van der Waals surface area contributed by atoms with Gasteiger partial charge in [-0.2, -0.15) is 0 Å². The third-order valence-corrected chi connectivity index (χ3v) is 2.34. The molecule has 0 saturated carbocycles. The first-order valence-electron chi connectivity index (χ1n) is 2.97. The number of para-hydroxylation sites is 1.